The van der Waals surface area contributed by atoms with Crippen LogP contribution in [0.3, 0.4) is 0 Å². The Hall–Kier alpha value is -3.46. The van der Waals surface area contributed by atoms with Crippen LogP contribution in [-0.4, -0.2) is 54.0 Å². The van der Waals surface area contributed by atoms with E-state index in [1.54, 1.807) is 29.2 Å². The van der Waals surface area contributed by atoms with E-state index < -0.39 is 10.8 Å². The molecule has 0 unspecified atom stereocenters. The van der Waals surface area contributed by atoms with Crippen molar-refractivity contribution in [2.45, 2.75) is 26.1 Å². The molecule has 1 aliphatic heterocycles. The lowest BCUT2D eigenvalue weighted by Gasteiger charge is -2.35. The number of para-hydroxylation sites is 1. The molecular weight excluding hydrogens is 390 g/mol. The van der Waals surface area contributed by atoms with Crippen molar-refractivity contribution in [1.82, 2.24) is 4.90 Å². The van der Waals surface area contributed by atoms with Crippen LogP contribution >= 0.6 is 0 Å². The van der Waals surface area contributed by atoms with Gasteiger partial charge < -0.3 is 19.7 Å². The summed E-state index contributed by atoms with van der Waals surface area (Å²) in [6.07, 6.45) is -0.168. The number of anilines is 1. The topological polar surface area (TPSA) is 111 Å². The van der Waals surface area contributed by atoms with Crippen LogP contribution in [0.4, 0.5) is 11.4 Å². The highest BCUT2D eigenvalue weighted by Crippen LogP contribution is 2.28. The quantitative estimate of drug-likeness (QED) is 0.596. The summed E-state index contributed by atoms with van der Waals surface area (Å²) in [6, 6.07) is 10.6. The summed E-state index contributed by atoms with van der Waals surface area (Å²) in [6.45, 7) is 4.71. The van der Waals surface area contributed by atoms with Gasteiger partial charge in [-0.1, -0.05) is 12.1 Å². The molecular formula is C21H23N3O6. The second-order valence-electron chi connectivity index (χ2n) is 7.11. The molecule has 1 saturated heterocycles. The highest BCUT2D eigenvalue weighted by Gasteiger charge is 2.28. The van der Waals surface area contributed by atoms with Gasteiger partial charge in [0, 0.05) is 24.7 Å². The molecule has 0 saturated carbocycles. The maximum atomic E-state index is 13.1. The van der Waals surface area contributed by atoms with Gasteiger partial charge in [-0.25, -0.2) is 0 Å². The number of carbonyl (C=O) groups is 2. The van der Waals surface area contributed by atoms with Crippen molar-refractivity contribution in [3.05, 3.63) is 63.7 Å². The highest BCUT2D eigenvalue weighted by molar-refractivity contribution is 6.09. The summed E-state index contributed by atoms with van der Waals surface area (Å²) in [5.41, 5.74) is 0.442. The Morgan fingerprint density at radius 2 is 1.83 bits per heavy atom. The number of nitrogens with zero attached hydrogens (tertiary/aromatic N) is 2. The molecule has 9 nitrogen and oxygen atoms in total. The van der Waals surface area contributed by atoms with Gasteiger partial charge >= 0.3 is 5.69 Å². The normalized spacial score (nSPS) is 18.6. The maximum absolute atomic E-state index is 13.1. The van der Waals surface area contributed by atoms with E-state index in [1.807, 2.05) is 13.8 Å². The summed E-state index contributed by atoms with van der Waals surface area (Å²) >= 11 is 0. The molecule has 1 aliphatic rings. The van der Waals surface area contributed by atoms with Crippen LogP contribution in [0, 0.1) is 10.1 Å². The number of morpholine rings is 1. The van der Waals surface area contributed by atoms with Crippen molar-refractivity contribution < 1.29 is 24.0 Å². The number of nitro groups is 1. The van der Waals surface area contributed by atoms with Crippen LogP contribution in [0.1, 0.15) is 34.6 Å². The van der Waals surface area contributed by atoms with Gasteiger partial charge in [0.1, 0.15) is 0 Å². The lowest BCUT2D eigenvalue weighted by Crippen LogP contribution is -2.48. The van der Waals surface area contributed by atoms with Crippen LogP contribution in [0.25, 0.3) is 0 Å². The van der Waals surface area contributed by atoms with Crippen LogP contribution in [0.5, 0.6) is 5.75 Å². The first kappa shape index (κ1) is 21.3. The fourth-order valence-electron chi connectivity index (χ4n) is 3.46. The van der Waals surface area contributed by atoms with E-state index in [2.05, 4.69) is 5.32 Å². The number of hydrogen-bond donors (Lipinski definition) is 1. The monoisotopic (exact) mass is 413 g/mol. The predicted molar refractivity (Wildman–Crippen MR) is 110 cm³/mol. The first-order valence-electron chi connectivity index (χ1n) is 9.47. The van der Waals surface area contributed by atoms with E-state index in [1.165, 1.54) is 19.2 Å². The molecule has 1 heterocycles. The third-order valence-electron chi connectivity index (χ3n) is 4.75. The fraction of sp³-hybridized carbons (Fsp3) is 0.333. The zero-order valence-corrected chi connectivity index (χ0v) is 17.0. The average Bonchev–Trinajstić information content (AvgIpc) is 2.72. The Morgan fingerprint density at radius 1 is 1.17 bits per heavy atom. The first-order valence-corrected chi connectivity index (χ1v) is 9.47. The zero-order valence-electron chi connectivity index (χ0n) is 17.0. The number of ether oxygens (including phenoxy) is 2. The van der Waals surface area contributed by atoms with Crippen molar-refractivity contribution in [1.29, 1.82) is 0 Å². The summed E-state index contributed by atoms with van der Waals surface area (Å²) in [5.74, 6) is -0.721. The number of amides is 2. The zero-order chi connectivity index (χ0) is 21.8. The van der Waals surface area contributed by atoms with E-state index in [0.717, 1.165) is 6.07 Å². The van der Waals surface area contributed by atoms with Crippen molar-refractivity contribution in [3.8, 4) is 5.75 Å². The van der Waals surface area contributed by atoms with E-state index in [0.29, 0.717) is 24.3 Å². The van der Waals surface area contributed by atoms with Gasteiger partial charge in [0.15, 0.2) is 5.75 Å². The largest absolute Gasteiger partial charge is 0.490 e. The van der Waals surface area contributed by atoms with Gasteiger partial charge in [0.25, 0.3) is 11.8 Å². The second-order valence-corrected chi connectivity index (χ2v) is 7.11. The van der Waals surface area contributed by atoms with Crippen molar-refractivity contribution in [2.75, 3.05) is 25.5 Å². The predicted octanol–water partition coefficient (Wildman–Crippen LogP) is 3.11. The molecule has 2 aromatic rings. The molecule has 1 N–H and O–H groups in total. The minimum absolute atomic E-state index is 0.0580. The van der Waals surface area contributed by atoms with Crippen LogP contribution in [0.15, 0.2) is 42.5 Å². The number of methoxy groups -OCH3 is 1. The number of rotatable bonds is 5. The Bertz CT molecular complexity index is 967. The lowest BCUT2D eigenvalue weighted by molar-refractivity contribution is -0.385. The number of benzene rings is 2. The van der Waals surface area contributed by atoms with Crippen molar-refractivity contribution in [2.24, 2.45) is 0 Å². The average molecular weight is 413 g/mol. The molecule has 2 amide bonds. The Labute approximate surface area is 173 Å². The van der Waals surface area contributed by atoms with Crippen molar-refractivity contribution in [3.63, 3.8) is 0 Å². The number of nitro benzene ring substituents is 1. The van der Waals surface area contributed by atoms with Crippen LogP contribution in [-0.2, 0) is 4.74 Å². The number of carbonyl (C=O) groups excluding carboxylic acids is 2. The first-order chi connectivity index (χ1) is 14.3. The van der Waals surface area contributed by atoms with Gasteiger partial charge in [-0.05, 0) is 38.1 Å². The van der Waals surface area contributed by atoms with E-state index >= 15 is 0 Å². The SMILES string of the molecule is COc1ccc(C(=O)Nc2ccccc2C(=O)N2C[C@@H](C)O[C@H](C)C2)cc1[N+](=O)[O-]. The molecule has 2 atom stereocenters. The van der Waals surface area contributed by atoms with Gasteiger partial charge in [-0.3, -0.25) is 19.7 Å². The number of nitrogens with one attached hydrogen (secondary N) is 1. The molecule has 3 rings (SSSR count). The molecule has 30 heavy (non-hydrogen) atoms. The van der Waals surface area contributed by atoms with E-state index in [9.17, 15) is 19.7 Å². The van der Waals surface area contributed by atoms with E-state index in [-0.39, 0.29) is 35.1 Å². The van der Waals surface area contributed by atoms with Crippen LogP contribution < -0.4 is 10.1 Å². The van der Waals surface area contributed by atoms with Gasteiger partial charge in [-0.2, -0.15) is 0 Å². The minimum atomic E-state index is -0.617. The second kappa shape index (κ2) is 8.91. The molecule has 9 heteroatoms. The molecule has 0 aliphatic carbocycles. The molecule has 2 aromatic carbocycles. The lowest BCUT2D eigenvalue weighted by atomic mass is 10.1. The molecule has 1 fully saturated rings. The molecule has 158 valence electrons. The fourth-order valence-corrected chi connectivity index (χ4v) is 3.46. The molecule has 0 radical (unpaired) electrons. The molecule has 0 spiro atoms. The summed E-state index contributed by atoms with van der Waals surface area (Å²) < 4.78 is 10.6. The number of hydrogen-bond acceptors (Lipinski definition) is 6. The highest BCUT2D eigenvalue weighted by atomic mass is 16.6. The standard InChI is InChI=1S/C21H23N3O6/c1-13-11-23(12-14(2)30-13)21(26)16-6-4-5-7-17(16)22-20(25)15-8-9-19(29-3)18(10-15)24(27)28/h4-10,13-14H,11-12H2,1-3H3,(H,22,25)/t13-,14-/m1/s1. The van der Waals surface area contributed by atoms with Crippen LogP contribution in [0.2, 0.25) is 0 Å². The summed E-state index contributed by atoms with van der Waals surface area (Å²) in [5, 5.41) is 13.9. The Kier molecular flexibility index (Phi) is 6.31. The van der Waals surface area contributed by atoms with Crippen molar-refractivity contribution >= 4 is 23.2 Å². The molecule has 0 bridgehead atoms. The van der Waals surface area contributed by atoms with Gasteiger partial charge in [0.05, 0.1) is 35.5 Å². The van der Waals surface area contributed by atoms with Gasteiger partial charge in [0.2, 0.25) is 0 Å². The van der Waals surface area contributed by atoms with Gasteiger partial charge in [-0.15, -0.1) is 0 Å². The third-order valence-corrected chi connectivity index (χ3v) is 4.75. The summed E-state index contributed by atoms with van der Waals surface area (Å²) in [4.78, 5) is 38.1. The summed E-state index contributed by atoms with van der Waals surface area (Å²) in [7, 11) is 1.32. The minimum Gasteiger partial charge on any atom is -0.490 e. The molecule has 0 aromatic heterocycles. The van der Waals surface area contributed by atoms with E-state index in [4.69, 9.17) is 9.47 Å². The maximum Gasteiger partial charge on any atom is 0.311 e. The Morgan fingerprint density at radius 3 is 2.47 bits per heavy atom. The smallest absolute Gasteiger partial charge is 0.311 e. The third kappa shape index (κ3) is 4.57. The Balaban J connectivity index is 1.84.